The van der Waals surface area contributed by atoms with Gasteiger partial charge in [0.25, 0.3) is 5.91 Å². The molecule has 3 aromatic carbocycles. The largest absolute Gasteiger partial charge is 0.508 e. The zero-order chi connectivity index (χ0) is 27.1. The van der Waals surface area contributed by atoms with Crippen LogP contribution in [0.5, 0.6) is 17.2 Å². The smallest absolute Gasteiger partial charge is 0.255 e. The number of aromatic hydroxyl groups is 1. The Morgan fingerprint density at radius 3 is 2.66 bits per heavy atom. The van der Waals surface area contributed by atoms with E-state index in [1.165, 1.54) is 6.07 Å². The lowest BCUT2D eigenvalue weighted by molar-refractivity contribution is 0.00686. The van der Waals surface area contributed by atoms with Crippen molar-refractivity contribution >= 4 is 17.7 Å². The van der Waals surface area contributed by atoms with E-state index in [1.54, 1.807) is 18.2 Å². The molecule has 1 heterocycles. The number of hydrogen-bond acceptors (Lipinski definition) is 6. The minimum absolute atomic E-state index is 0.134. The second-order valence-electron chi connectivity index (χ2n) is 9.45. The van der Waals surface area contributed by atoms with Crippen molar-refractivity contribution in [2.75, 3.05) is 18.5 Å². The van der Waals surface area contributed by atoms with Crippen molar-refractivity contribution in [2.24, 2.45) is 0 Å². The van der Waals surface area contributed by atoms with Gasteiger partial charge in [0.05, 0.1) is 12.3 Å². The van der Waals surface area contributed by atoms with Crippen LogP contribution in [0.25, 0.3) is 6.08 Å². The van der Waals surface area contributed by atoms with E-state index in [-0.39, 0.29) is 11.4 Å². The highest BCUT2D eigenvalue weighted by molar-refractivity contribution is 5.96. The minimum Gasteiger partial charge on any atom is -0.508 e. The van der Waals surface area contributed by atoms with E-state index >= 15 is 0 Å². The first-order valence-corrected chi connectivity index (χ1v) is 12.7. The first kappa shape index (κ1) is 26.8. The zero-order valence-electron chi connectivity index (χ0n) is 22.0. The lowest BCUT2D eigenvalue weighted by atomic mass is 10.0. The van der Waals surface area contributed by atoms with Gasteiger partial charge in [-0.1, -0.05) is 29.8 Å². The van der Waals surface area contributed by atoms with Crippen LogP contribution >= 0.6 is 0 Å². The van der Waals surface area contributed by atoms with Gasteiger partial charge in [0.15, 0.2) is 0 Å². The molecule has 1 aliphatic rings. The van der Waals surface area contributed by atoms with Crippen LogP contribution in [0.3, 0.4) is 0 Å². The molecule has 4 rings (SSSR count). The molecule has 38 heavy (non-hydrogen) atoms. The summed E-state index contributed by atoms with van der Waals surface area (Å²) in [5, 5.41) is 26.9. The maximum Gasteiger partial charge on any atom is 0.255 e. The third kappa shape index (κ3) is 6.75. The topological polar surface area (TPSA) is 100 Å². The van der Waals surface area contributed by atoms with Crippen molar-refractivity contribution in [1.29, 1.82) is 0 Å². The van der Waals surface area contributed by atoms with E-state index in [1.807, 2.05) is 69.3 Å². The standard InChI is InChI=1S/C31H34N2O5/c1-20(2)10-11-22-18-24(12-14-27(22)34)30(35)33-26-19-23-13-15-28(21(3)29(23)38-31(26)36)37-17-7-16-32-25-8-5-4-6-9-25/h4-6,8-10,12-15,18-19,31-32,34,36H,7,11,16-17H2,1-3H3,(H,33,35). The van der Waals surface area contributed by atoms with E-state index in [4.69, 9.17) is 9.47 Å². The number of carbonyl (C=O) groups is 1. The number of benzene rings is 3. The Balaban J connectivity index is 1.39. The summed E-state index contributed by atoms with van der Waals surface area (Å²) in [5.74, 6) is 0.935. The molecule has 1 unspecified atom stereocenters. The summed E-state index contributed by atoms with van der Waals surface area (Å²) in [5.41, 5.74) is 4.97. The van der Waals surface area contributed by atoms with Crippen LogP contribution < -0.4 is 20.1 Å². The van der Waals surface area contributed by atoms with Crippen LogP contribution in [-0.4, -0.2) is 35.6 Å². The predicted molar refractivity (Wildman–Crippen MR) is 150 cm³/mol. The number of allylic oxidation sites excluding steroid dienone is 2. The van der Waals surface area contributed by atoms with Crippen LogP contribution in [0.15, 0.2) is 78.0 Å². The maximum atomic E-state index is 12.9. The monoisotopic (exact) mass is 514 g/mol. The number of nitrogens with one attached hydrogen (secondary N) is 2. The number of fused-ring (bicyclic) bond motifs is 1. The molecular formula is C31H34N2O5. The summed E-state index contributed by atoms with van der Waals surface area (Å²) in [6, 6.07) is 18.4. The number of para-hydroxylation sites is 1. The first-order chi connectivity index (χ1) is 18.3. The fourth-order valence-corrected chi connectivity index (χ4v) is 4.08. The molecule has 198 valence electrons. The van der Waals surface area contributed by atoms with Crippen molar-refractivity contribution in [3.8, 4) is 17.2 Å². The quantitative estimate of drug-likeness (QED) is 0.208. The Labute approximate surface area is 223 Å². The highest BCUT2D eigenvalue weighted by atomic mass is 16.6. The van der Waals surface area contributed by atoms with Gasteiger partial charge in [-0.05, 0) is 87.7 Å². The van der Waals surface area contributed by atoms with E-state index in [0.717, 1.165) is 35.4 Å². The average molecular weight is 515 g/mol. The third-order valence-corrected chi connectivity index (χ3v) is 6.20. The molecule has 7 nitrogen and oxygen atoms in total. The van der Waals surface area contributed by atoms with Crippen LogP contribution in [0.4, 0.5) is 5.69 Å². The third-order valence-electron chi connectivity index (χ3n) is 6.20. The molecule has 0 bridgehead atoms. The highest BCUT2D eigenvalue weighted by Gasteiger charge is 2.25. The lowest BCUT2D eigenvalue weighted by Crippen LogP contribution is -2.34. The van der Waals surface area contributed by atoms with Crippen molar-refractivity contribution in [2.45, 2.75) is 39.9 Å². The fourth-order valence-electron chi connectivity index (χ4n) is 4.08. The SMILES string of the molecule is CC(C)=CCc1cc(C(=O)NC2=Cc3ccc(OCCCNc4ccccc4)c(C)c3OC2O)ccc1O. The summed E-state index contributed by atoms with van der Waals surface area (Å²) < 4.78 is 11.7. The molecule has 0 saturated heterocycles. The number of amides is 1. The average Bonchev–Trinajstić information content (AvgIpc) is 2.90. The van der Waals surface area contributed by atoms with Crippen molar-refractivity contribution in [3.05, 3.63) is 100 Å². The van der Waals surface area contributed by atoms with E-state index < -0.39 is 12.2 Å². The van der Waals surface area contributed by atoms with Crippen LogP contribution in [-0.2, 0) is 6.42 Å². The highest BCUT2D eigenvalue weighted by Crippen LogP contribution is 2.37. The molecule has 1 atom stereocenters. The molecule has 3 aromatic rings. The fraction of sp³-hybridized carbons (Fsp3) is 0.258. The maximum absolute atomic E-state index is 12.9. The number of carbonyl (C=O) groups excluding carboxylic acids is 1. The summed E-state index contributed by atoms with van der Waals surface area (Å²) in [6.07, 6.45) is 3.68. The number of anilines is 1. The van der Waals surface area contributed by atoms with E-state index in [0.29, 0.717) is 35.7 Å². The first-order valence-electron chi connectivity index (χ1n) is 12.7. The van der Waals surface area contributed by atoms with E-state index in [2.05, 4.69) is 10.6 Å². The van der Waals surface area contributed by atoms with Gasteiger partial charge in [0.1, 0.15) is 17.2 Å². The van der Waals surface area contributed by atoms with Crippen LogP contribution in [0.1, 0.15) is 47.3 Å². The zero-order valence-corrected chi connectivity index (χ0v) is 22.0. The molecule has 0 aromatic heterocycles. The Kier molecular flexibility index (Phi) is 8.71. The van der Waals surface area contributed by atoms with Crippen molar-refractivity contribution in [1.82, 2.24) is 5.32 Å². The molecule has 4 N–H and O–H groups in total. The summed E-state index contributed by atoms with van der Waals surface area (Å²) in [6.45, 7) is 7.15. The van der Waals surface area contributed by atoms with Gasteiger partial charge < -0.3 is 30.3 Å². The Hall–Kier alpha value is -4.23. The molecule has 0 radical (unpaired) electrons. The van der Waals surface area contributed by atoms with Crippen LogP contribution in [0, 0.1) is 6.92 Å². The summed E-state index contributed by atoms with van der Waals surface area (Å²) in [4.78, 5) is 12.9. The van der Waals surface area contributed by atoms with Crippen LogP contribution in [0.2, 0.25) is 0 Å². The van der Waals surface area contributed by atoms with Crippen molar-refractivity contribution < 1.29 is 24.5 Å². The number of phenolic OH excluding ortho intramolecular Hbond substituents is 1. The summed E-state index contributed by atoms with van der Waals surface area (Å²) >= 11 is 0. The molecule has 0 saturated carbocycles. The molecule has 0 aliphatic carbocycles. The predicted octanol–water partition coefficient (Wildman–Crippen LogP) is 5.57. The Morgan fingerprint density at radius 1 is 1.11 bits per heavy atom. The van der Waals surface area contributed by atoms with E-state index in [9.17, 15) is 15.0 Å². The molecule has 7 heteroatoms. The number of hydrogen-bond donors (Lipinski definition) is 4. The molecule has 0 spiro atoms. The lowest BCUT2D eigenvalue weighted by Gasteiger charge is -2.26. The van der Waals surface area contributed by atoms with Gasteiger partial charge >= 0.3 is 0 Å². The Bertz CT molecular complexity index is 1340. The second-order valence-corrected chi connectivity index (χ2v) is 9.45. The minimum atomic E-state index is -1.34. The van der Waals surface area contributed by atoms with Crippen molar-refractivity contribution in [3.63, 3.8) is 0 Å². The molecule has 1 aliphatic heterocycles. The number of phenols is 1. The second kappa shape index (κ2) is 12.3. The van der Waals surface area contributed by atoms with Gasteiger partial charge in [-0.2, -0.15) is 0 Å². The molecule has 1 amide bonds. The number of aliphatic hydroxyl groups is 1. The van der Waals surface area contributed by atoms with Gasteiger partial charge in [0.2, 0.25) is 6.29 Å². The van der Waals surface area contributed by atoms with Gasteiger partial charge in [-0.25, -0.2) is 0 Å². The van der Waals surface area contributed by atoms with Gasteiger partial charge in [0, 0.05) is 28.9 Å². The normalized spacial score (nSPS) is 14.0. The van der Waals surface area contributed by atoms with Gasteiger partial charge in [-0.15, -0.1) is 0 Å². The number of aliphatic hydroxyl groups excluding tert-OH is 1. The van der Waals surface area contributed by atoms with Gasteiger partial charge in [-0.3, -0.25) is 4.79 Å². The number of rotatable bonds is 10. The molecular weight excluding hydrogens is 480 g/mol. The summed E-state index contributed by atoms with van der Waals surface area (Å²) in [7, 11) is 0. The Morgan fingerprint density at radius 2 is 1.89 bits per heavy atom. The number of ether oxygens (including phenoxy) is 2. The molecule has 0 fully saturated rings.